The molecule has 4 nitrogen and oxygen atoms in total. The first kappa shape index (κ1) is 13.2. The quantitative estimate of drug-likeness (QED) is 0.635. The number of aromatic carboxylic acids is 1. The second-order valence-corrected chi connectivity index (χ2v) is 3.52. The highest BCUT2D eigenvalue weighted by Crippen LogP contribution is 2.15. The van der Waals surface area contributed by atoms with Gasteiger partial charge in [-0.05, 0) is 25.5 Å². The van der Waals surface area contributed by atoms with Crippen LogP contribution in [0.3, 0.4) is 0 Å². The van der Waals surface area contributed by atoms with Gasteiger partial charge in [0.05, 0.1) is 11.3 Å². The smallest absolute Gasteiger partial charge is 0.336 e. The van der Waals surface area contributed by atoms with E-state index in [1.165, 1.54) is 18.2 Å². The zero-order chi connectivity index (χ0) is 12.8. The largest absolute Gasteiger partial charge is 0.478 e. The molecule has 1 aromatic rings. The Bertz CT molecular complexity index is 443. The number of carboxylic acid groups (broad SMARTS) is 1. The molecule has 17 heavy (non-hydrogen) atoms. The lowest BCUT2D eigenvalue weighted by Crippen LogP contribution is -2.06. The minimum Gasteiger partial charge on any atom is -0.478 e. The van der Waals surface area contributed by atoms with Crippen LogP contribution in [0.5, 0.6) is 0 Å². The van der Waals surface area contributed by atoms with Crippen molar-refractivity contribution in [2.75, 3.05) is 0 Å². The van der Waals surface area contributed by atoms with E-state index in [1.54, 1.807) is 6.92 Å². The Balaban J connectivity index is 2.86. The molecule has 0 spiro atoms. The van der Waals surface area contributed by atoms with E-state index in [0.717, 1.165) is 12.1 Å². The van der Waals surface area contributed by atoms with Gasteiger partial charge in [0.25, 0.3) is 0 Å². The van der Waals surface area contributed by atoms with E-state index in [9.17, 15) is 9.18 Å². The molecule has 1 rings (SSSR count). The second-order valence-electron chi connectivity index (χ2n) is 3.52. The van der Waals surface area contributed by atoms with Crippen LogP contribution >= 0.6 is 0 Å². The molecule has 0 saturated carbocycles. The van der Waals surface area contributed by atoms with Gasteiger partial charge in [0.15, 0.2) is 0 Å². The third kappa shape index (κ3) is 3.55. The van der Waals surface area contributed by atoms with Crippen LogP contribution in [-0.4, -0.2) is 16.8 Å². The predicted octanol–water partition coefficient (Wildman–Crippen LogP) is 2.83. The molecule has 92 valence electrons. The van der Waals surface area contributed by atoms with Crippen molar-refractivity contribution < 1.29 is 19.1 Å². The van der Waals surface area contributed by atoms with Gasteiger partial charge in [-0.3, -0.25) is 0 Å². The summed E-state index contributed by atoms with van der Waals surface area (Å²) >= 11 is 0. The fourth-order valence-corrected chi connectivity index (χ4v) is 1.18. The fraction of sp³-hybridized carbons (Fsp3) is 0.333. The van der Waals surface area contributed by atoms with Crippen molar-refractivity contribution >= 4 is 11.7 Å². The van der Waals surface area contributed by atoms with Crippen molar-refractivity contribution in [3.8, 4) is 0 Å². The summed E-state index contributed by atoms with van der Waals surface area (Å²) in [6.45, 7) is 3.50. The summed E-state index contributed by atoms with van der Waals surface area (Å²) < 4.78 is 13.4. The summed E-state index contributed by atoms with van der Waals surface area (Å²) in [4.78, 5) is 15.8. The van der Waals surface area contributed by atoms with Crippen LogP contribution in [0.4, 0.5) is 4.39 Å². The Hall–Kier alpha value is -1.91. The van der Waals surface area contributed by atoms with Crippen LogP contribution in [0.15, 0.2) is 23.4 Å². The Morgan fingerprint density at radius 1 is 1.53 bits per heavy atom. The lowest BCUT2D eigenvalue weighted by Gasteiger charge is -2.06. The first-order valence-corrected chi connectivity index (χ1v) is 5.22. The van der Waals surface area contributed by atoms with E-state index in [4.69, 9.17) is 9.94 Å². The molecule has 0 heterocycles. The molecular weight excluding hydrogens is 225 g/mol. The lowest BCUT2D eigenvalue weighted by molar-refractivity contribution is 0.0686. The minimum absolute atomic E-state index is 0.00709. The first-order chi connectivity index (χ1) is 8.06. The van der Waals surface area contributed by atoms with E-state index < -0.39 is 11.8 Å². The van der Waals surface area contributed by atoms with Gasteiger partial charge in [0.1, 0.15) is 12.4 Å². The number of hydrogen-bond acceptors (Lipinski definition) is 3. The van der Waals surface area contributed by atoms with E-state index in [-0.39, 0.29) is 17.7 Å². The third-order valence-corrected chi connectivity index (χ3v) is 2.29. The number of halogens is 1. The number of hydrogen-bond donors (Lipinski definition) is 1. The molecule has 0 aromatic heterocycles. The number of carbonyl (C=O) groups is 1. The molecule has 0 aliphatic heterocycles. The van der Waals surface area contributed by atoms with E-state index >= 15 is 0 Å². The molecule has 1 aromatic carbocycles. The number of rotatable bonds is 5. The van der Waals surface area contributed by atoms with Gasteiger partial charge in [0, 0.05) is 5.56 Å². The maximum atomic E-state index is 13.4. The summed E-state index contributed by atoms with van der Waals surface area (Å²) in [6.07, 6.45) is 0.725. The van der Waals surface area contributed by atoms with Gasteiger partial charge in [-0.25, -0.2) is 9.18 Å². The highest BCUT2D eigenvalue weighted by molar-refractivity contribution is 5.89. The molecule has 0 aliphatic carbocycles. The molecule has 5 heteroatoms. The zero-order valence-corrected chi connectivity index (χ0v) is 9.74. The third-order valence-electron chi connectivity index (χ3n) is 2.29. The number of benzene rings is 1. The first-order valence-electron chi connectivity index (χ1n) is 5.22. The van der Waals surface area contributed by atoms with E-state index in [0.29, 0.717) is 0 Å². The monoisotopic (exact) mass is 239 g/mol. The maximum Gasteiger partial charge on any atom is 0.336 e. The summed E-state index contributed by atoms with van der Waals surface area (Å²) in [5.74, 6) is -1.78. The van der Waals surface area contributed by atoms with Gasteiger partial charge in [-0.15, -0.1) is 0 Å². The van der Waals surface area contributed by atoms with Gasteiger partial charge < -0.3 is 9.94 Å². The zero-order valence-electron chi connectivity index (χ0n) is 9.74. The van der Waals surface area contributed by atoms with Crippen molar-refractivity contribution in [3.05, 3.63) is 35.1 Å². The average molecular weight is 239 g/mol. The van der Waals surface area contributed by atoms with Crippen LogP contribution in [0.25, 0.3) is 0 Å². The van der Waals surface area contributed by atoms with Crippen molar-refractivity contribution in [2.24, 2.45) is 5.16 Å². The molecule has 1 N–H and O–H groups in total. The predicted molar refractivity (Wildman–Crippen MR) is 61.5 cm³/mol. The molecule has 0 saturated heterocycles. The molecule has 0 aliphatic rings. The van der Waals surface area contributed by atoms with Gasteiger partial charge in [-0.1, -0.05) is 18.1 Å². The maximum absolute atomic E-state index is 13.4. The topological polar surface area (TPSA) is 58.9 Å². The average Bonchev–Trinajstić information content (AvgIpc) is 2.30. The van der Waals surface area contributed by atoms with Crippen molar-refractivity contribution in [3.63, 3.8) is 0 Å². The molecule has 0 radical (unpaired) electrons. The summed E-state index contributed by atoms with van der Waals surface area (Å²) in [5.41, 5.74) is 0.667. The van der Waals surface area contributed by atoms with E-state index in [1.807, 2.05) is 6.92 Å². The number of oxime groups is 1. The summed E-state index contributed by atoms with van der Waals surface area (Å²) in [5, 5.41) is 12.6. The van der Waals surface area contributed by atoms with E-state index in [2.05, 4.69) is 5.16 Å². The second kappa shape index (κ2) is 5.98. The van der Waals surface area contributed by atoms with Crippen LogP contribution in [0.1, 0.15) is 36.2 Å². The van der Waals surface area contributed by atoms with Gasteiger partial charge >= 0.3 is 5.97 Å². The van der Waals surface area contributed by atoms with Gasteiger partial charge in [-0.2, -0.15) is 0 Å². The van der Waals surface area contributed by atoms with Crippen molar-refractivity contribution in [1.29, 1.82) is 0 Å². The highest BCUT2D eigenvalue weighted by atomic mass is 19.1. The minimum atomic E-state index is -1.18. The molecule has 0 atom stereocenters. The molecule has 0 bridgehead atoms. The lowest BCUT2D eigenvalue weighted by atomic mass is 10.1. The number of nitrogens with zero attached hydrogens (tertiary/aromatic N) is 1. The molecule has 0 amide bonds. The fourth-order valence-electron chi connectivity index (χ4n) is 1.18. The Labute approximate surface area is 98.7 Å². The Morgan fingerprint density at radius 2 is 2.24 bits per heavy atom. The SMILES string of the molecule is CCC(C)=NOCc1c(F)cccc1C(=O)O. The Kier molecular flexibility index (Phi) is 4.63. The number of carboxylic acids is 1. The highest BCUT2D eigenvalue weighted by Gasteiger charge is 2.14. The van der Waals surface area contributed by atoms with Crippen LogP contribution in [-0.2, 0) is 11.4 Å². The van der Waals surface area contributed by atoms with Crippen LogP contribution in [0.2, 0.25) is 0 Å². The molecular formula is C12H14FNO3. The van der Waals surface area contributed by atoms with Crippen molar-refractivity contribution in [1.82, 2.24) is 0 Å². The normalized spacial score (nSPS) is 11.4. The van der Waals surface area contributed by atoms with Crippen molar-refractivity contribution in [2.45, 2.75) is 26.9 Å². The molecule has 0 fully saturated rings. The molecule has 0 unspecified atom stereocenters. The summed E-state index contributed by atoms with van der Waals surface area (Å²) in [6, 6.07) is 3.88. The standard InChI is InChI=1S/C12H14FNO3/c1-3-8(2)14-17-7-10-9(12(15)16)5-4-6-11(10)13/h4-6H,3,7H2,1-2H3,(H,15,16). The van der Waals surface area contributed by atoms with Crippen LogP contribution < -0.4 is 0 Å². The Morgan fingerprint density at radius 3 is 2.82 bits per heavy atom. The summed E-state index contributed by atoms with van der Waals surface area (Å²) in [7, 11) is 0. The van der Waals surface area contributed by atoms with Gasteiger partial charge in [0.2, 0.25) is 0 Å². The van der Waals surface area contributed by atoms with Crippen LogP contribution in [0, 0.1) is 5.82 Å².